The van der Waals surface area contributed by atoms with Gasteiger partial charge >= 0.3 is 0 Å². The predicted octanol–water partition coefficient (Wildman–Crippen LogP) is 3.17. The van der Waals surface area contributed by atoms with Crippen LogP contribution in [0.2, 0.25) is 5.02 Å². The van der Waals surface area contributed by atoms with Gasteiger partial charge in [-0.05, 0) is 45.8 Å². The molecule has 0 aliphatic carbocycles. The van der Waals surface area contributed by atoms with E-state index in [1.165, 1.54) is 16.9 Å². The minimum Gasteiger partial charge on any atom is -0.390 e. The van der Waals surface area contributed by atoms with Crippen LogP contribution in [0.25, 0.3) is 0 Å². The highest BCUT2D eigenvalue weighted by molar-refractivity contribution is 9.11. The smallest absolute Gasteiger partial charge is 0.264 e. The topological polar surface area (TPSA) is 47.0 Å². The van der Waals surface area contributed by atoms with Crippen LogP contribution in [0, 0.1) is 0 Å². The summed E-state index contributed by atoms with van der Waals surface area (Å²) in [6.07, 6.45) is -0.491. The van der Waals surface area contributed by atoms with Crippen LogP contribution in [0.3, 0.4) is 0 Å². The molecule has 1 aromatic heterocycles. The molecule has 28 heavy (non-hydrogen) atoms. The Bertz CT molecular complexity index is 823. The number of aliphatic hydroxyl groups is 1. The minimum absolute atomic E-state index is 0.0126. The first-order valence-electron chi connectivity index (χ1n) is 9.43. The first kappa shape index (κ1) is 20.3. The number of benzene rings is 1. The molecule has 8 heteroatoms. The maximum absolute atomic E-state index is 12.7. The summed E-state index contributed by atoms with van der Waals surface area (Å²) in [4.78, 5) is 19.9. The van der Waals surface area contributed by atoms with E-state index in [2.05, 4.69) is 37.9 Å². The van der Waals surface area contributed by atoms with E-state index in [1.54, 1.807) is 4.90 Å². The van der Waals surface area contributed by atoms with E-state index < -0.39 is 6.10 Å². The number of likely N-dealkylation sites (tertiary alicyclic amines) is 1. The number of carbonyl (C=O) groups excluding carboxylic acids is 1. The van der Waals surface area contributed by atoms with Gasteiger partial charge < -0.3 is 10.0 Å². The molecule has 0 bridgehead atoms. The van der Waals surface area contributed by atoms with Crippen LogP contribution in [0.15, 0.2) is 40.2 Å². The molecule has 0 radical (unpaired) electrons. The molecule has 4 rings (SSSR count). The van der Waals surface area contributed by atoms with E-state index in [-0.39, 0.29) is 11.9 Å². The van der Waals surface area contributed by atoms with E-state index in [9.17, 15) is 9.90 Å². The van der Waals surface area contributed by atoms with E-state index in [1.807, 2.05) is 24.3 Å². The fourth-order valence-electron chi connectivity index (χ4n) is 3.98. The number of hydrogen-bond acceptors (Lipinski definition) is 5. The highest BCUT2D eigenvalue weighted by atomic mass is 79.9. The lowest BCUT2D eigenvalue weighted by Gasteiger charge is -2.38. The Hall–Kier alpha value is -0.960. The molecule has 2 aromatic rings. The third-order valence-electron chi connectivity index (χ3n) is 5.53. The summed E-state index contributed by atoms with van der Waals surface area (Å²) in [5.74, 6) is 0.0126. The lowest BCUT2D eigenvalue weighted by Crippen LogP contribution is -2.53. The minimum atomic E-state index is -0.491. The molecule has 1 N–H and O–H groups in total. The third-order valence-corrected chi connectivity index (χ3v) is 7.39. The second kappa shape index (κ2) is 8.81. The zero-order valence-corrected chi connectivity index (χ0v) is 18.6. The molecule has 1 amide bonds. The maximum Gasteiger partial charge on any atom is 0.264 e. The van der Waals surface area contributed by atoms with Crippen molar-refractivity contribution in [3.05, 3.63) is 55.6 Å². The normalized spacial score (nSPS) is 24.0. The average molecular weight is 485 g/mol. The molecule has 5 nitrogen and oxygen atoms in total. The fourth-order valence-corrected chi connectivity index (χ4v) is 5.46. The number of nitrogens with zero attached hydrogens (tertiary/aromatic N) is 3. The van der Waals surface area contributed by atoms with Crippen LogP contribution in [0.4, 0.5) is 0 Å². The van der Waals surface area contributed by atoms with Gasteiger partial charge in [0.05, 0.1) is 20.8 Å². The molecule has 2 aliphatic rings. The summed E-state index contributed by atoms with van der Waals surface area (Å²) in [5.41, 5.74) is 1.26. The molecule has 2 fully saturated rings. The van der Waals surface area contributed by atoms with Gasteiger partial charge in [-0.3, -0.25) is 14.6 Å². The fraction of sp³-hybridized carbons (Fsp3) is 0.450. The highest BCUT2D eigenvalue weighted by Crippen LogP contribution is 2.26. The summed E-state index contributed by atoms with van der Waals surface area (Å²) in [6.45, 7) is 5.63. The molecular formula is C20H23BrClN3O2S. The van der Waals surface area contributed by atoms with Gasteiger partial charge in [-0.1, -0.05) is 23.7 Å². The van der Waals surface area contributed by atoms with Gasteiger partial charge in [0, 0.05) is 50.8 Å². The van der Waals surface area contributed by atoms with Gasteiger partial charge in [0.1, 0.15) is 0 Å². The van der Waals surface area contributed by atoms with Crippen LogP contribution >= 0.6 is 38.9 Å². The Kier molecular flexibility index (Phi) is 6.40. The first-order valence-corrected chi connectivity index (χ1v) is 11.4. The van der Waals surface area contributed by atoms with Gasteiger partial charge in [-0.15, -0.1) is 11.3 Å². The molecule has 0 spiro atoms. The number of rotatable bonds is 4. The van der Waals surface area contributed by atoms with E-state index in [0.717, 1.165) is 41.5 Å². The third kappa shape index (κ3) is 4.61. The summed E-state index contributed by atoms with van der Waals surface area (Å²) in [5, 5.41) is 11.3. The summed E-state index contributed by atoms with van der Waals surface area (Å²) in [6, 6.07) is 11.8. The molecule has 1 aromatic carbocycles. The Morgan fingerprint density at radius 2 is 1.82 bits per heavy atom. The van der Waals surface area contributed by atoms with Crippen LogP contribution < -0.4 is 0 Å². The Balaban J connectivity index is 1.30. The van der Waals surface area contributed by atoms with E-state index >= 15 is 0 Å². The number of amides is 1. The molecule has 2 unspecified atom stereocenters. The number of β-amino-alcohol motifs (C(OH)–C–C–N with tert-alkyl or cyclic N) is 1. The second-order valence-electron chi connectivity index (χ2n) is 7.39. The molecular weight excluding hydrogens is 462 g/mol. The van der Waals surface area contributed by atoms with Crippen LogP contribution in [0.5, 0.6) is 0 Å². The second-order valence-corrected chi connectivity index (χ2v) is 10.3. The number of thiophene rings is 1. The van der Waals surface area contributed by atoms with Crippen molar-refractivity contribution in [3.8, 4) is 0 Å². The van der Waals surface area contributed by atoms with Crippen molar-refractivity contribution in [3.63, 3.8) is 0 Å². The van der Waals surface area contributed by atoms with Crippen LogP contribution in [-0.2, 0) is 6.54 Å². The van der Waals surface area contributed by atoms with Crippen molar-refractivity contribution in [1.82, 2.24) is 14.7 Å². The largest absolute Gasteiger partial charge is 0.390 e. The van der Waals surface area contributed by atoms with E-state index in [4.69, 9.17) is 11.6 Å². The van der Waals surface area contributed by atoms with Gasteiger partial charge in [-0.25, -0.2) is 0 Å². The van der Waals surface area contributed by atoms with E-state index in [0.29, 0.717) is 18.0 Å². The molecule has 150 valence electrons. The summed E-state index contributed by atoms with van der Waals surface area (Å²) in [7, 11) is 0. The number of halogens is 2. The Morgan fingerprint density at radius 1 is 1.11 bits per heavy atom. The predicted molar refractivity (Wildman–Crippen MR) is 116 cm³/mol. The van der Waals surface area contributed by atoms with Crippen molar-refractivity contribution in [1.29, 1.82) is 0 Å². The lowest BCUT2D eigenvalue weighted by molar-refractivity contribution is 0.0423. The SMILES string of the molecule is O=C(c1ccc(Br)s1)N1CC(O)C(N2CCN(Cc3ccc(Cl)cc3)CC2)C1. The zero-order valence-electron chi connectivity index (χ0n) is 15.4. The number of carbonyl (C=O) groups is 1. The summed E-state index contributed by atoms with van der Waals surface area (Å²) >= 11 is 10.8. The van der Waals surface area contributed by atoms with Crippen LogP contribution in [0.1, 0.15) is 15.2 Å². The molecule has 0 saturated carbocycles. The van der Waals surface area contributed by atoms with Crippen LogP contribution in [-0.4, -0.2) is 77.1 Å². The van der Waals surface area contributed by atoms with Gasteiger partial charge in [0.15, 0.2) is 0 Å². The maximum atomic E-state index is 12.7. The Labute approximate surface area is 182 Å². The molecule has 2 aliphatic heterocycles. The van der Waals surface area contributed by atoms with Gasteiger partial charge in [-0.2, -0.15) is 0 Å². The van der Waals surface area contributed by atoms with Gasteiger partial charge in [0.2, 0.25) is 0 Å². The van der Waals surface area contributed by atoms with Crippen molar-refractivity contribution < 1.29 is 9.90 Å². The highest BCUT2D eigenvalue weighted by Gasteiger charge is 2.39. The molecule has 2 atom stereocenters. The Morgan fingerprint density at radius 3 is 2.46 bits per heavy atom. The summed E-state index contributed by atoms with van der Waals surface area (Å²) < 4.78 is 0.948. The van der Waals surface area contributed by atoms with Crippen molar-refractivity contribution in [2.45, 2.75) is 18.7 Å². The van der Waals surface area contributed by atoms with Gasteiger partial charge in [0.25, 0.3) is 5.91 Å². The van der Waals surface area contributed by atoms with Crippen molar-refractivity contribution in [2.75, 3.05) is 39.3 Å². The van der Waals surface area contributed by atoms with Crippen molar-refractivity contribution in [2.24, 2.45) is 0 Å². The molecule has 2 saturated heterocycles. The quantitative estimate of drug-likeness (QED) is 0.724. The van der Waals surface area contributed by atoms with Crippen molar-refractivity contribution >= 4 is 44.8 Å². The molecule has 3 heterocycles. The number of aliphatic hydroxyl groups excluding tert-OH is 1. The standard InChI is InChI=1S/C20H23BrClN3O2S/c21-19-6-5-18(28-19)20(27)25-12-16(17(26)13-25)24-9-7-23(8-10-24)11-14-1-3-15(22)4-2-14/h1-6,16-17,26H,7-13H2. The first-order chi connectivity index (χ1) is 13.5. The zero-order chi connectivity index (χ0) is 19.7. The number of piperazine rings is 1. The lowest BCUT2D eigenvalue weighted by atomic mass is 10.1. The average Bonchev–Trinajstić information content (AvgIpc) is 3.30. The number of hydrogen-bond donors (Lipinski definition) is 1. The monoisotopic (exact) mass is 483 g/mol.